The van der Waals surface area contributed by atoms with Crippen molar-refractivity contribution < 1.29 is 55.2 Å². The standard InChI is InChI=1S/C12H10ClF3O3.C10H6ClF3O3/c1-2-18-11(17)10(13)7-8-3-5-9(6-4-8)19-12(14,15)16;11-8(9(15)16)5-6-1-3-7(4-2-6)17-10(12,13)14/h3-7H,2H2,1H3;1-5H,(H,15,16)/b10-7-;8-5-. The zero-order chi connectivity index (χ0) is 27.5. The first-order valence-electron chi connectivity index (χ1n) is 9.46. The predicted octanol–water partition coefficient (Wildman–Crippen LogP) is 6.98. The highest BCUT2D eigenvalue weighted by molar-refractivity contribution is 6.43. The molecule has 0 spiro atoms. The summed E-state index contributed by atoms with van der Waals surface area (Å²) in [6.07, 6.45) is -7.09. The number of hydrogen-bond donors (Lipinski definition) is 1. The van der Waals surface area contributed by atoms with Crippen molar-refractivity contribution in [2.45, 2.75) is 19.6 Å². The number of esters is 1. The molecule has 0 aliphatic carbocycles. The van der Waals surface area contributed by atoms with Crippen LogP contribution in [0.3, 0.4) is 0 Å². The van der Waals surface area contributed by atoms with Crippen molar-refractivity contribution in [2.24, 2.45) is 0 Å². The van der Waals surface area contributed by atoms with Gasteiger partial charge >= 0.3 is 24.7 Å². The van der Waals surface area contributed by atoms with Crippen molar-refractivity contribution >= 4 is 47.3 Å². The van der Waals surface area contributed by atoms with Crippen LogP contribution >= 0.6 is 23.2 Å². The highest BCUT2D eigenvalue weighted by Crippen LogP contribution is 2.24. The van der Waals surface area contributed by atoms with Crippen LogP contribution in [0, 0.1) is 0 Å². The molecule has 0 unspecified atom stereocenters. The normalized spacial score (nSPS) is 12.2. The van der Waals surface area contributed by atoms with Crippen LogP contribution in [0.2, 0.25) is 0 Å². The first-order chi connectivity index (χ1) is 16.6. The maximum Gasteiger partial charge on any atom is 0.573 e. The van der Waals surface area contributed by atoms with Crippen molar-refractivity contribution in [3.63, 3.8) is 0 Å². The first-order valence-corrected chi connectivity index (χ1v) is 10.2. The van der Waals surface area contributed by atoms with Crippen LogP contribution in [0.5, 0.6) is 11.5 Å². The van der Waals surface area contributed by atoms with Crippen molar-refractivity contribution in [1.29, 1.82) is 0 Å². The fourth-order valence-corrected chi connectivity index (χ4v) is 2.45. The number of carboxylic acid groups (broad SMARTS) is 1. The molecule has 0 bridgehead atoms. The van der Waals surface area contributed by atoms with Crippen molar-refractivity contribution in [3.8, 4) is 11.5 Å². The Hall–Kier alpha value is -3.38. The average Bonchev–Trinajstić information content (AvgIpc) is 2.75. The zero-order valence-corrected chi connectivity index (χ0v) is 19.5. The third kappa shape index (κ3) is 12.9. The lowest BCUT2D eigenvalue weighted by Gasteiger charge is -2.08. The smallest absolute Gasteiger partial charge is 0.477 e. The number of ether oxygens (including phenoxy) is 3. The monoisotopic (exact) mass is 560 g/mol. The Kier molecular flexibility index (Phi) is 11.6. The Bertz CT molecular complexity index is 1080. The van der Waals surface area contributed by atoms with Gasteiger partial charge < -0.3 is 19.3 Å². The van der Waals surface area contributed by atoms with E-state index in [0.717, 1.165) is 30.3 Å². The van der Waals surface area contributed by atoms with E-state index < -0.39 is 29.7 Å². The topological polar surface area (TPSA) is 82.1 Å². The molecule has 0 aliphatic rings. The molecule has 1 N–H and O–H groups in total. The summed E-state index contributed by atoms with van der Waals surface area (Å²) < 4.78 is 83.2. The maximum absolute atomic E-state index is 11.9. The lowest BCUT2D eigenvalue weighted by atomic mass is 10.2. The Morgan fingerprint density at radius 1 is 0.778 bits per heavy atom. The maximum atomic E-state index is 11.9. The van der Waals surface area contributed by atoms with E-state index in [0.29, 0.717) is 11.1 Å². The van der Waals surface area contributed by atoms with Gasteiger partial charge in [-0.1, -0.05) is 47.5 Å². The summed E-state index contributed by atoms with van der Waals surface area (Å²) in [5.74, 6) is -2.75. The van der Waals surface area contributed by atoms with E-state index in [-0.39, 0.29) is 23.1 Å². The van der Waals surface area contributed by atoms with Gasteiger partial charge in [0.05, 0.1) is 6.61 Å². The summed E-state index contributed by atoms with van der Waals surface area (Å²) in [5.41, 5.74) is 0.805. The van der Waals surface area contributed by atoms with E-state index in [2.05, 4.69) is 14.2 Å². The van der Waals surface area contributed by atoms with E-state index in [1.165, 1.54) is 30.3 Å². The molecule has 0 atom stereocenters. The number of hydrogen-bond acceptors (Lipinski definition) is 5. The summed E-state index contributed by atoms with van der Waals surface area (Å²) in [6.45, 7) is 1.81. The Morgan fingerprint density at radius 3 is 1.44 bits per heavy atom. The zero-order valence-electron chi connectivity index (χ0n) is 18.0. The Labute approximate surface area is 210 Å². The van der Waals surface area contributed by atoms with Gasteiger partial charge in [-0.2, -0.15) is 0 Å². The van der Waals surface area contributed by atoms with Crippen LogP contribution < -0.4 is 9.47 Å². The molecule has 0 saturated carbocycles. The molecule has 6 nitrogen and oxygen atoms in total. The molecule has 0 amide bonds. The van der Waals surface area contributed by atoms with Gasteiger partial charge in [0, 0.05) is 0 Å². The van der Waals surface area contributed by atoms with Gasteiger partial charge in [0.25, 0.3) is 0 Å². The summed E-state index contributed by atoms with van der Waals surface area (Å²) in [7, 11) is 0. The Morgan fingerprint density at radius 2 is 1.14 bits per heavy atom. The van der Waals surface area contributed by atoms with E-state index in [4.69, 9.17) is 28.3 Å². The van der Waals surface area contributed by atoms with E-state index in [1.54, 1.807) is 6.92 Å². The van der Waals surface area contributed by atoms with Gasteiger partial charge in [-0.3, -0.25) is 0 Å². The molecule has 196 valence electrons. The quantitative estimate of drug-likeness (QED) is 0.223. The van der Waals surface area contributed by atoms with Gasteiger partial charge in [0.2, 0.25) is 0 Å². The largest absolute Gasteiger partial charge is 0.573 e. The second-order valence-corrected chi connectivity index (χ2v) is 7.06. The van der Waals surface area contributed by atoms with E-state index in [1.807, 2.05) is 0 Å². The number of carbonyl (C=O) groups excluding carboxylic acids is 1. The number of rotatable bonds is 7. The SMILES string of the molecule is CCOC(=O)/C(Cl)=C/c1ccc(OC(F)(F)F)cc1.O=C(O)/C(Cl)=C/c1ccc(OC(F)(F)F)cc1. The van der Waals surface area contributed by atoms with Crippen molar-refractivity contribution in [2.75, 3.05) is 6.61 Å². The molecule has 0 saturated heterocycles. The van der Waals surface area contributed by atoms with Gasteiger partial charge in [0.1, 0.15) is 21.6 Å². The van der Waals surface area contributed by atoms with Gasteiger partial charge in [0.15, 0.2) is 0 Å². The van der Waals surface area contributed by atoms with Gasteiger partial charge in [-0.25, -0.2) is 9.59 Å². The third-order valence-corrected chi connectivity index (χ3v) is 4.02. The van der Waals surface area contributed by atoms with Gasteiger partial charge in [-0.15, -0.1) is 26.3 Å². The molecule has 14 heteroatoms. The number of carbonyl (C=O) groups is 2. The average molecular weight is 561 g/mol. The number of carboxylic acids is 1. The number of benzene rings is 2. The molecule has 0 fully saturated rings. The van der Waals surface area contributed by atoms with Gasteiger partial charge in [-0.05, 0) is 54.5 Å². The number of aliphatic carboxylic acids is 1. The second kappa shape index (κ2) is 13.6. The van der Waals surface area contributed by atoms with Crippen LogP contribution in [-0.4, -0.2) is 36.4 Å². The Balaban J connectivity index is 0.000000362. The lowest BCUT2D eigenvalue weighted by Crippen LogP contribution is -2.16. The molecule has 0 heterocycles. The minimum Gasteiger partial charge on any atom is -0.477 e. The summed E-state index contributed by atoms with van der Waals surface area (Å²) in [6, 6.07) is 9.55. The van der Waals surface area contributed by atoms with Crippen LogP contribution in [0.1, 0.15) is 18.1 Å². The molecular weight excluding hydrogens is 545 g/mol. The fourth-order valence-electron chi connectivity index (χ4n) is 2.14. The minimum atomic E-state index is -4.75. The molecule has 0 radical (unpaired) electrons. The lowest BCUT2D eigenvalue weighted by molar-refractivity contribution is -0.275. The summed E-state index contributed by atoms with van der Waals surface area (Å²) in [4.78, 5) is 21.6. The van der Waals surface area contributed by atoms with Crippen LogP contribution in [0.15, 0.2) is 58.6 Å². The van der Waals surface area contributed by atoms with Crippen LogP contribution in [0.4, 0.5) is 26.3 Å². The molecule has 36 heavy (non-hydrogen) atoms. The van der Waals surface area contributed by atoms with Crippen molar-refractivity contribution in [3.05, 3.63) is 69.7 Å². The fraction of sp³-hybridized carbons (Fsp3) is 0.182. The highest BCUT2D eigenvalue weighted by Gasteiger charge is 2.31. The number of alkyl halides is 6. The van der Waals surface area contributed by atoms with Crippen LogP contribution in [-0.2, 0) is 14.3 Å². The second-order valence-electron chi connectivity index (χ2n) is 6.24. The predicted molar refractivity (Wildman–Crippen MR) is 118 cm³/mol. The van der Waals surface area contributed by atoms with Crippen LogP contribution in [0.25, 0.3) is 12.2 Å². The molecule has 2 rings (SSSR count). The van der Waals surface area contributed by atoms with Crippen molar-refractivity contribution in [1.82, 2.24) is 0 Å². The first kappa shape index (κ1) is 30.7. The van der Waals surface area contributed by atoms with E-state index in [9.17, 15) is 35.9 Å². The summed E-state index contributed by atoms with van der Waals surface area (Å²) in [5, 5.41) is 7.88. The number of halogens is 8. The minimum absolute atomic E-state index is 0.161. The molecule has 2 aromatic carbocycles. The molecule has 0 aliphatic heterocycles. The summed E-state index contributed by atoms with van der Waals surface area (Å²) >= 11 is 11.0. The van der Waals surface area contributed by atoms with E-state index >= 15 is 0 Å². The third-order valence-electron chi connectivity index (χ3n) is 3.49. The molecule has 0 aromatic heterocycles. The molecule has 2 aromatic rings. The molecular formula is C22H16Cl2F6O6. The highest BCUT2D eigenvalue weighted by atomic mass is 35.5.